The molecular weight excluding hydrogens is 434 g/mol. The number of nitrogen functional groups attached to an aromatic ring is 1. The molecule has 2 amide bonds. The van der Waals surface area contributed by atoms with Crippen LogP contribution in [0.15, 0.2) is 60.7 Å². The number of methoxy groups -OCH3 is 1. The zero-order valence-corrected chi connectivity index (χ0v) is 21.2. The van der Waals surface area contributed by atoms with Gasteiger partial charge in [-0.25, -0.2) is 4.79 Å². The summed E-state index contributed by atoms with van der Waals surface area (Å²) in [6.45, 7) is 10.5. The number of ether oxygens (including phenoxy) is 1. The van der Waals surface area contributed by atoms with Crippen molar-refractivity contribution in [2.24, 2.45) is 0 Å². The second-order valence-corrected chi connectivity index (χ2v) is 8.87. The Labute approximate surface area is 211 Å². The summed E-state index contributed by atoms with van der Waals surface area (Å²) in [6, 6.07) is 19.6. The molecule has 3 rings (SSSR count). The molecule has 5 heteroatoms. The Morgan fingerprint density at radius 1 is 0.914 bits per heavy atom. The summed E-state index contributed by atoms with van der Waals surface area (Å²) in [5, 5.41) is 3.21. The average Bonchev–Trinajstić information content (AvgIpc) is 2.85. The topological polar surface area (TPSA) is 67.6 Å². The Bertz CT molecular complexity index is 1110. The number of anilines is 3. The largest absolute Gasteiger partial charge is 0.497 e. The lowest BCUT2D eigenvalue weighted by Gasteiger charge is -2.31. The quantitative estimate of drug-likeness (QED) is 0.325. The SMILES string of the molecule is C.CCc1ccc(N)c(CC)c1NC(=O)N(c1ccc(C(C)C)cc1)[C@H](C)c1ccc(OC)cc1. The summed E-state index contributed by atoms with van der Waals surface area (Å²) in [7, 11) is 1.65. The molecule has 0 unspecified atom stereocenters. The first-order valence-corrected chi connectivity index (χ1v) is 12.0. The van der Waals surface area contributed by atoms with Crippen molar-refractivity contribution in [1.29, 1.82) is 0 Å². The molecule has 0 fully saturated rings. The maximum atomic E-state index is 13.9. The lowest BCUT2D eigenvalue weighted by Crippen LogP contribution is -2.37. The first kappa shape index (κ1) is 27.8. The van der Waals surface area contributed by atoms with Gasteiger partial charge in [0.25, 0.3) is 0 Å². The molecule has 3 aromatic carbocycles. The first-order valence-electron chi connectivity index (χ1n) is 12.0. The molecule has 0 bridgehead atoms. The molecule has 0 saturated heterocycles. The molecule has 35 heavy (non-hydrogen) atoms. The van der Waals surface area contributed by atoms with Gasteiger partial charge in [0.05, 0.1) is 18.8 Å². The third-order valence-electron chi connectivity index (χ3n) is 6.44. The van der Waals surface area contributed by atoms with Gasteiger partial charge in [0.2, 0.25) is 0 Å². The van der Waals surface area contributed by atoms with Crippen molar-refractivity contribution in [2.45, 2.75) is 66.8 Å². The van der Waals surface area contributed by atoms with Crippen molar-refractivity contribution in [2.75, 3.05) is 23.1 Å². The highest BCUT2D eigenvalue weighted by atomic mass is 16.5. The predicted octanol–water partition coefficient (Wildman–Crippen LogP) is 7.96. The van der Waals surface area contributed by atoms with Crippen LogP contribution >= 0.6 is 0 Å². The van der Waals surface area contributed by atoms with Gasteiger partial charge in [0.1, 0.15) is 5.75 Å². The molecule has 0 heterocycles. The van der Waals surface area contributed by atoms with Crippen molar-refractivity contribution < 1.29 is 9.53 Å². The van der Waals surface area contributed by atoms with Gasteiger partial charge in [-0.05, 0) is 78.3 Å². The Kier molecular flexibility index (Phi) is 9.76. The van der Waals surface area contributed by atoms with E-state index in [0.29, 0.717) is 11.6 Å². The smallest absolute Gasteiger partial charge is 0.326 e. The molecule has 0 aliphatic heterocycles. The van der Waals surface area contributed by atoms with Crippen LogP contribution in [0.5, 0.6) is 5.75 Å². The highest BCUT2D eigenvalue weighted by molar-refractivity contribution is 6.03. The van der Waals surface area contributed by atoms with Crippen molar-refractivity contribution in [1.82, 2.24) is 0 Å². The van der Waals surface area contributed by atoms with Crippen LogP contribution in [0.1, 0.15) is 76.3 Å². The summed E-state index contributed by atoms with van der Waals surface area (Å²) < 4.78 is 5.31. The fraction of sp³-hybridized carbons (Fsp3) is 0.367. The Balaban J connectivity index is 0.00000432. The minimum atomic E-state index is -0.202. The third kappa shape index (κ3) is 6.16. The van der Waals surface area contributed by atoms with Gasteiger partial charge >= 0.3 is 6.03 Å². The number of rotatable bonds is 8. The number of benzene rings is 3. The molecule has 3 aromatic rings. The summed E-state index contributed by atoms with van der Waals surface area (Å²) in [6.07, 6.45) is 1.55. The number of nitrogens with two attached hydrogens (primary N) is 1. The van der Waals surface area contributed by atoms with E-state index >= 15 is 0 Å². The van der Waals surface area contributed by atoms with E-state index in [2.05, 4.69) is 45.1 Å². The second kappa shape index (κ2) is 12.3. The molecular formula is C30H41N3O2. The fourth-order valence-corrected chi connectivity index (χ4v) is 4.28. The van der Waals surface area contributed by atoms with Crippen LogP contribution in [0.4, 0.5) is 21.9 Å². The van der Waals surface area contributed by atoms with Gasteiger partial charge in [0, 0.05) is 11.4 Å². The molecule has 5 nitrogen and oxygen atoms in total. The number of urea groups is 1. The number of nitrogens with one attached hydrogen (secondary N) is 1. The molecule has 0 aliphatic rings. The highest BCUT2D eigenvalue weighted by Gasteiger charge is 2.25. The van der Waals surface area contributed by atoms with Crippen molar-refractivity contribution in [3.05, 3.63) is 82.9 Å². The fourth-order valence-electron chi connectivity index (χ4n) is 4.28. The molecule has 0 saturated carbocycles. The van der Waals surface area contributed by atoms with E-state index in [1.54, 1.807) is 7.11 Å². The second-order valence-electron chi connectivity index (χ2n) is 8.87. The number of carbonyl (C=O) groups excluding carboxylic acids is 1. The van der Waals surface area contributed by atoms with Crippen molar-refractivity contribution in [3.63, 3.8) is 0 Å². The normalized spacial score (nSPS) is 11.5. The average molecular weight is 476 g/mol. The van der Waals surface area contributed by atoms with Gasteiger partial charge < -0.3 is 15.8 Å². The number of carbonyl (C=O) groups is 1. The van der Waals surface area contributed by atoms with Crippen LogP contribution in [0.2, 0.25) is 0 Å². The van der Waals surface area contributed by atoms with Crippen LogP contribution in [0.25, 0.3) is 0 Å². The number of hydrogen-bond acceptors (Lipinski definition) is 3. The molecule has 3 N–H and O–H groups in total. The highest BCUT2D eigenvalue weighted by Crippen LogP contribution is 2.33. The maximum Gasteiger partial charge on any atom is 0.326 e. The van der Waals surface area contributed by atoms with E-state index in [0.717, 1.165) is 46.7 Å². The minimum absolute atomic E-state index is 0. The van der Waals surface area contributed by atoms with Crippen molar-refractivity contribution >= 4 is 23.1 Å². The van der Waals surface area contributed by atoms with Gasteiger partial charge in [-0.1, -0.05) is 65.5 Å². The number of nitrogens with zero attached hydrogens (tertiary/aromatic N) is 1. The number of aryl methyl sites for hydroxylation is 1. The number of hydrogen-bond donors (Lipinski definition) is 2. The standard InChI is InChI=1S/C29H37N3O2.CH4/c1-7-21-13-18-27(30)26(8-2)28(21)31-29(33)32(24-14-9-22(10-15-24)19(3)4)20(5)23-11-16-25(34-6)17-12-23;/h9-20H,7-8,30H2,1-6H3,(H,31,33);1H4/t20-;/m1./s1. The summed E-state index contributed by atoms with van der Waals surface area (Å²) in [4.78, 5) is 15.7. The molecule has 0 aliphatic carbocycles. The van der Waals surface area contributed by atoms with E-state index in [1.165, 1.54) is 5.56 Å². The van der Waals surface area contributed by atoms with Crippen LogP contribution in [-0.2, 0) is 12.8 Å². The molecule has 188 valence electrons. The van der Waals surface area contributed by atoms with Gasteiger partial charge in [-0.3, -0.25) is 4.90 Å². The molecule has 0 spiro atoms. The first-order chi connectivity index (χ1) is 16.3. The van der Waals surface area contributed by atoms with Gasteiger partial charge in [0.15, 0.2) is 0 Å². The van der Waals surface area contributed by atoms with E-state index < -0.39 is 0 Å². The van der Waals surface area contributed by atoms with Gasteiger partial charge in [-0.2, -0.15) is 0 Å². The predicted molar refractivity (Wildman–Crippen MR) is 150 cm³/mol. The lowest BCUT2D eigenvalue weighted by molar-refractivity contribution is 0.255. The summed E-state index contributed by atoms with van der Waals surface area (Å²) >= 11 is 0. The number of amides is 2. The van der Waals surface area contributed by atoms with Crippen LogP contribution < -0.4 is 20.7 Å². The third-order valence-corrected chi connectivity index (χ3v) is 6.44. The monoisotopic (exact) mass is 475 g/mol. The van der Waals surface area contributed by atoms with Crippen LogP contribution in [0, 0.1) is 0 Å². The molecule has 1 atom stereocenters. The summed E-state index contributed by atoms with van der Waals surface area (Å²) in [5.74, 6) is 1.20. The Morgan fingerprint density at radius 3 is 2.03 bits per heavy atom. The van der Waals surface area contributed by atoms with E-state index in [9.17, 15) is 4.79 Å². The lowest BCUT2D eigenvalue weighted by atomic mass is 10.0. The maximum absolute atomic E-state index is 13.9. The van der Waals surface area contributed by atoms with E-state index in [1.807, 2.05) is 60.4 Å². The Morgan fingerprint density at radius 2 is 1.51 bits per heavy atom. The molecule has 0 radical (unpaired) electrons. The van der Waals surface area contributed by atoms with Crippen LogP contribution in [-0.4, -0.2) is 13.1 Å². The zero-order valence-electron chi connectivity index (χ0n) is 21.2. The zero-order chi connectivity index (χ0) is 24.8. The minimum Gasteiger partial charge on any atom is -0.497 e. The van der Waals surface area contributed by atoms with E-state index in [4.69, 9.17) is 10.5 Å². The van der Waals surface area contributed by atoms with Gasteiger partial charge in [-0.15, -0.1) is 0 Å². The van der Waals surface area contributed by atoms with Crippen molar-refractivity contribution in [3.8, 4) is 5.75 Å². The Hall–Kier alpha value is -3.47. The van der Waals surface area contributed by atoms with E-state index in [-0.39, 0.29) is 19.5 Å². The summed E-state index contributed by atoms with van der Waals surface area (Å²) in [5.41, 5.74) is 12.9. The molecule has 0 aromatic heterocycles. The van der Waals surface area contributed by atoms with Crippen LogP contribution in [0.3, 0.4) is 0 Å².